The number of hydrogen-bond acceptors (Lipinski definition) is 4. The second kappa shape index (κ2) is 8.22. The lowest BCUT2D eigenvalue weighted by Gasteiger charge is -2.22. The van der Waals surface area contributed by atoms with Crippen LogP contribution in [0.5, 0.6) is 17.2 Å². The van der Waals surface area contributed by atoms with Gasteiger partial charge in [-0.25, -0.2) is 0 Å². The molecule has 1 aliphatic heterocycles. The molecule has 0 saturated carbocycles. The van der Waals surface area contributed by atoms with Crippen LogP contribution in [-0.2, 0) is 13.0 Å². The predicted octanol–water partition coefficient (Wildman–Crippen LogP) is 4.24. The number of fused-ring (bicyclic) bond motifs is 1. The average molecular weight is 390 g/mol. The van der Waals surface area contributed by atoms with Crippen molar-refractivity contribution in [1.82, 2.24) is 4.57 Å². The Morgan fingerprint density at radius 1 is 1.00 bits per heavy atom. The molecule has 6 heteroatoms. The van der Waals surface area contributed by atoms with E-state index in [1.807, 2.05) is 30.3 Å². The Kier molecular flexibility index (Phi) is 5.33. The van der Waals surface area contributed by atoms with E-state index in [9.17, 15) is 9.59 Å². The van der Waals surface area contributed by atoms with E-state index in [1.165, 1.54) is 13.2 Å². The maximum absolute atomic E-state index is 13.0. The summed E-state index contributed by atoms with van der Waals surface area (Å²) in [6.45, 7) is 0.629. The van der Waals surface area contributed by atoms with Crippen LogP contribution in [-0.4, -0.2) is 17.6 Å². The minimum absolute atomic E-state index is 0.129. The molecular formula is C23H22N2O4. The highest BCUT2D eigenvalue weighted by atomic mass is 16.5. The maximum atomic E-state index is 13.0. The summed E-state index contributed by atoms with van der Waals surface area (Å²) in [6, 6.07) is 18.0. The summed E-state index contributed by atoms with van der Waals surface area (Å²) in [5.74, 6) is 1.44. The number of methoxy groups -OCH3 is 1. The number of para-hydroxylation sites is 1. The highest BCUT2D eigenvalue weighted by molar-refractivity contribution is 6.07. The molecule has 0 spiro atoms. The number of pyridine rings is 1. The standard InChI is InChI=1S/C23H22N2O4/c1-28-20-15-21(26)25-14-6-5-9-19(25)22(20)23(27)24-16-10-12-18(13-11-16)29-17-7-3-2-4-8-17/h2-4,7-8,10-13,15H,5-6,9,14H2,1H3,(H,24,27). The molecule has 0 atom stereocenters. The molecule has 0 aliphatic carbocycles. The van der Waals surface area contributed by atoms with E-state index in [2.05, 4.69) is 5.32 Å². The number of amides is 1. The van der Waals surface area contributed by atoms with Crippen LogP contribution < -0.4 is 20.3 Å². The van der Waals surface area contributed by atoms with Crippen LogP contribution in [0.2, 0.25) is 0 Å². The Balaban J connectivity index is 1.56. The Morgan fingerprint density at radius 2 is 1.72 bits per heavy atom. The fourth-order valence-corrected chi connectivity index (χ4v) is 3.57. The van der Waals surface area contributed by atoms with Crippen LogP contribution in [0.3, 0.4) is 0 Å². The van der Waals surface area contributed by atoms with Crippen LogP contribution in [0.1, 0.15) is 28.9 Å². The summed E-state index contributed by atoms with van der Waals surface area (Å²) in [6.07, 6.45) is 2.56. The summed E-state index contributed by atoms with van der Waals surface area (Å²) < 4.78 is 12.8. The van der Waals surface area contributed by atoms with Crippen LogP contribution in [0.15, 0.2) is 65.5 Å². The van der Waals surface area contributed by atoms with Gasteiger partial charge in [0.05, 0.1) is 7.11 Å². The highest BCUT2D eigenvalue weighted by Gasteiger charge is 2.24. The molecule has 1 aromatic heterocycles. The van der Waals surface area contributed by atoms with Crippen molar-refractivity contribution >= 4 is 11.6 Å². The van der Waals surface area contributed by atoms with E-state index in [-0.39, 0.29) is 11.5 Å². The van der Waals surface area contributed by atoms with Gasteiger partial charge in [0.15, 0.2) is 0 Å². The molecule has 6 nitrogen and oxygen atoms in total. The van der Waals surface area contributed by atoms with Crippen molar-refractivity contribution < 1.29 is 14.3 Å². The van der Waals surface area contributed by atoms with Crippen molar-refractivity contribution in [3.63, 3.8) is 0 Å². The van der Waals surface area contributed by atoms with E-state index >= 15 is 0 Å². The second-order valence-corrected chi connectivity index (χ2v) is 6.88. The number of carbonyl (C=O) groups excluding carboxylic acids is 1. The molecule has 1 amide bonds. The Labute approximate surface area is 168 Å². The van der Waals surface area contributed by atoms with Crippen molar-refractivity contribution in [3.05, 3.63) is 82.3 Å². The number of nitrogens with zero attached hydrogens (tertiary/aromatic N) is 1. The van der Waals surface area contributed by atoms with Gasteiger partial charge in [-0.05, 0) is 55.7 Å². The quantitative estimate of drug-likeness (QED) is 0.708. The normalized spacial score (nSPS) is 12.7. The number of aromatic nitrogens is 1. The first-order valence-electron chi connectivity index (χ1n) is 9.61. The van der Waals surface area contributed by atoms with Gasteiger partial charge < -0.3 is 19.4 Å². The monoisotopic (exact) mass is 390 g/mol. The molecule has 0 unspecified atom stereocenters. The van der Waals surface area contributed by atoms with Crippen LogP contribution >= 0.6 is 0 Å². The van der Waals surface area contributed by atoms with E-state index in [4.69, 9.17) is 9.47 Å². The molecular weight excluding hydrogens is 368 g/mol. The third kappa shape index (κ3) is 4.01. The lowest BCUT2D eigenvalue weighted by molar-refractivity contribution is 0.102. The lowest BCUT2D eigenvalue weighted by Crippen LogP contribution is -2.30. The van der Waals surface area contributed by atoms with Gasteiger partial charge in [0.1, 0.15) is 22.8 Å². The second-order valence-electron chi connectivity index (χ2n) is 6.88. The molecule has 2 heterocycles. The van der Waals surface area contributed by atoms with E-state index in [0.717, 1.165) is 24.3 Å². The van der Waals surface area contributed by atoms with E-state index in [0.29, 0.717) is 35.7 Å². The van der Waals surface area contributed by atoms with Crippen LogP contribution in [0.4, 0.5) is 5.69 Å². The molecule has 1 aliphatic rings. The minimum atomic E-state index is -0.288. The van der Waals surface area contributed by atoms with Gasteiger partial charge in [-0.15, -0.1) is 0 Å². The Hall–Kier alpha value is -3.54. The molecule has 2 aromatic carbocycles. The number of anilines is 1. The third-order valence-electron chi connectivity index (χ3n) is 4.96. The molecule has 0 fully saturated rings. The first-order valence-corrected chi connectivity index (χ1v) is 9.61. The van der Waals surface area contributed by atoms with E-state index < -0.39 is 0 Å². The Morgan fingerprint density at radius 3 is 2.45 bits per heavy atom. The molecule has 29 heavy (non-hydrogen) atoms. The van der Waals surface area contributed by atoms with Crippen molar-refractivity contribution in [2.75, 3.05) is 12.4 Å². The predicted molar refractivity (Wildman–Crippen MR) is 111 cm³/mol. The van der Waals surface area contributed by atoms with Crippen LogP contribution in [0, 0.1) is 0 Å². The van der Waals surface area contributed by atoms with Crippen molar-refractivity contribution in [2.24, 2.45) is 0 Å². The van der Waals surface area contributed by atoms with Crippen molar-refractivity contribution in [3.8, 4) is 17.2 Å². The zero-order valence-electron chi connectivity index (χ0n) is 16.2. The topological polar surface area (TPSA) is 69.6 Å². The first kappa shape index (κ1) is 18.8. The number of benzene rings is 2. The molecule has 0 bridgehead atoms. The van der Waals surface area contributed by atoms with Gasteiger partial charge >= 0.3 is 0 Å². The average Bonchev–Trinajstić information content (AvgIpc) is 2.75. The number of rotatable bonds is 5. The van der Waals surface area contributed by atoms with Gasteiger partial charge in [0.25, 0.3) is 11.5 Å². The summed E-state index contributed by atoms with van der Waals surface area (Å²) in [7, 11) is 1.47. The molecule has 148 valence electrons. The summed E-state index contributed by atoms with van der Waals surface area (Å²) in [5, 5.41) is 2.90. The number of carbonyl (C=O) groups is 1. The smallest absolute Gasteiger partial charge is 0.261 e. The molecule has 1 N–H and O–H groups in total. The Bertz CT molecular complexity index is 1070. The maximum Gasteiger partial charge on any atom is 0.261 e. The fraction of sp³-hybridized carbons (Fsp3) is 0.217. The minimum Gasteiger partial charge on any atom is -0.496 e. The third-order valence-corrected chi connectivity index (χ3v) is 4.96. The molecule has 3 aromatic rings. The van der Waals surface area contributed by atoms with Gasteiger partial charge in [-0.3, -0.25) is 9.59 Å². The zero-order valence-corrected chi connectivity index (χ0v) is 16.2. The SMILES string of the molecule is COc1cc(=O)n2c(c1C(=O)Nc1ccc(Oc3ccccc3)cc1)CCCC2. The number of hydrogen-bond donors (Lipinski definition) is 1. The molecule has 0 radical (unpaired) electrons. The van der Waals surface area contributed by atoms with Crippen molar-refractivity contribution in [2.45, 2.75) is 25.8 Å². The number of nitrogens with one attached hydrogen (secondary N) is 1. The highest BCUT2D eigenvalue weighted by Crippen LogP contribution is 2.27. The van der Waals surface area contributed by atoms with Gasteiger partial charge in [-0.2, -0.15) is 0 Å². The molecule has 0 saturated heterocycles. The van der Waals surface area contributed by atoms with E-state index in [1.54, 1.807) is 28.8 Å². The van der Waals surface area contributed by atoms with Gasteiger partial charge in [0.2, 0.25) is 0 Å². The van der Waals surface area contributed by atoms with Gasteiger partial charge in [0, 0.05) is 24.0 Å². The zero-order chi connectivity index (χ0) is 20.2. The van der Waals surface area contributed by atoms with Crippen LogP contribution in [0.25, 0.3) is 0 Å². The van der Waals surface area contributed by atoms with Crippen molar-refractivity contribution in [1.29, 1.82) is 0 Å². The first-order chi connectivity index (χ1) is 14.2. The summed E-state index contributed by atoms with van der Waals surface area (Å²) in [5.41, 5.74) is 1.67. The summed E-state index contributed by atoms with van der Waals surface area (Å²) in [4.78, 5) is 25.3. The lowest BCUT2D eigenvalue weighted by atomic mass is 10.0. The van der Waals surface area contributed by atoms with Gasteiger partial charge in [-0.1, -0.05) is 18.2 Å². The fourth-order valence-electron chi connectivity index (χ4n) is 3.57. The number of ether oxygens (including phenoxy) is 2. The summed E-state index contributed by atoms with van der Waals surface area (Å²) >= 11 is 0. The largest absolute Gasteiger partial charge is 0.496 e. The molecule has 4 rings (SSSR count).